The van der Waals surface area contributed by atoms with Gasteiger partial charge >= 0.3 is 0 Å². The molecule has 3 nitrogen and oxygen atoms in total. The standard InChI is InChI=1S/C28H33NO2S/c1-6-25(13-10-11-16-26-14-8-7-9-15-26)23-29(22-12-21-28(3,4)5)32(30,31)27-19-17-24(2)18-20-27/h7-11,14-20H,6,22-23H2,1-5H3/b16-11+. The van der Waals surface area contributed by atoms with E-state index in [4.69, 9.17) is 0 Å². The summed E-state index contributed by atoms with van der Waals surface area (Å²) in [6, 6.07) is 17.0. The summed E-state index contributed by atoms with van der Waals surface area (Å²) in [4.78, 5) is 0.282. The Bertz CT molecular complexity index is 1130. The molecular weight excluding hydrogens is 414 g/mol. The summed E-state index contributed by atoms with van der Waals surface area (Å²) in [6.45, 7) is 10.4. The molecule has 0 aliphatic heterocycles. The highest BCUT2D eigenvalue weighted by molar-refractivity contribution is 7.89. The lowest BCUT2D eigenvalue weighted by Gasteiger charge is -2.21. The maximum Gasteiger partial charge on any atom is 0.244 e. The van der Waals surface area contributed by atoms with Crippen molar-refractivity contribution in [1.29, 1.82) is 0 Å². The lowest BCUT2D eigenvalue weighted by Crippen LogP contribution is -2.33. The molecule has 32 heavy (non-hydrogen) atoms. The maximum atomic E-state index is 13.4. The molecule has 0 aliphatic carbocycles. The molecule has 0 amide bonds. The van der Waals surface area contributed by atoms with Crippen molar-refractivity contribution < 1.29 is 8.42 Å². The van der Waals surface area contributed by atoms with Crippen LogP contribution in [-0.4, -0.2) is 25.8 Å². The Morgan fingerprint density at radius 1 is 1.03 bits per heavy atom. The molecule has 2 aromatic rings. The number of aryl methyl sites for hydroxylation is 1. The zero-order valence-corrected chi connectivity index (χ0v) is 20.5. The van der Waals surface area contributed by atoms with E-state index in [1.54, 1.807) is 12.1 Å². The van der Waals surface area contributed by atoms with Crippen LogP contribution >= 0.6 is 0 Å². The van der Waals surface area contributed by atoms with Crippen molar-refractivity contribution in [3.05, 3.63) is 89.2 Å². The first-order chi connectivity index (χ1) is 15.1. The predicted molar refractivity (Wildman–Crippen MR) is 135 cm³/mol. The van der Waals surface area contributed by atoms with Crippen molar-refractivity contribution >= 4 is 16.1 Å². The molecule has 0 aliphatic rings. The molecule has 4 heteroatoms. The Kier molecular flexibility index (Phi) is 9.29. The number of hydrogen-bond donors (Lipinski definition) is 0. The fourth-order valence-corrected chi connectivity index (χ4v) is 4.18. The molecule has 2 rings (SSSR count). The number of rotatable bonds is 8. The van der Waals surface area contributed by atoms with Gasteiger partial charge in [0.05, 0.1) is 11.4 Å². The first kappa shape index (κ1) is 25.4. The lowest BCUT2D eigenvalue weighted by molar-refractivity contribution is 0.467. The fourth-order valence-electron chi connectivity index (χ4n) is 2.84. The molecular formula is C28H33NO2S. The van der Waals surface area contributed by atoms with Crippen LogP contribution in [-0.2, 0) is 10.0 Å². The highest BCUT2D eigenvalue weighted by Gasteiger charge is 2.24. The average molecular weight is 448 g/mol. The molecule has 0 N–H and O–H groups in total. The van der Waals surface area contributed by atoms with Gasteiger partial charge in [0, 0.05) is 12.0 Å². The van der Waals surface area contributed by atoms with Crippen LogP contribution in [0.15, 0.2) is 82.9 Å². The first-order valence-corrected chi connectivity index (χ1v) is 12.3. The molecule has 0 saturated carbocycles. The number of hydrogen-bond acceptors (Lipinski definition) is 2. The van der Waals surface area contributed by atoms with Crippen LogP contribution < -0.4 is 0 Å². The molecule has 0 unspecified atom stereocenters. The monoisotopic (exact) mass is 447 g/mol. The van der Waals surface area contributed by atoms with Crippen molar-refractivity contribution in [2.45, 2.75) is 45.9 Å². The second-order valence-corrected chi connectivity index (χ2v) is 10.6. The largest absolute Gasteiger partial charge is 0.244 e. The van der Waals surface area contributed by atoms with E-state index in [0.717, 1.165) is 16.7 Å². The number of nitrogens with zero attached hydrogens (tertiary/aromatic N) is 1. The van der Waals surface area contributed by atoms with E-state index < -0.39 is 10.0 Å². The van der Waals surface area contributed by atoms with E-state index in [2.05, 4.69) is 17.6 Å². The summed E-state index contributed by atoms with van der Waals surface area (Å²) in [7, 11) is -3.68. The first-order valence-electron chi connectivity index (χ1n) is 10.8. The Hall–Kier alpha value is -2.83. The third kappa shape index (κ3) is 8.36. The van der Waals surface area contributed by atoms with E-state index in [-0.39, 0.29) is 23.4 Å². The molecule has 0 heterocycles. The molecule has 0 atom stereocenters. The fraction of sp³-hybridized carbons (Fsp3) is 0.321. The van der Waals surface area contributed by atoms with Crippen molar-refractivity contribution in [1.82, 2.24) is 4.31 Å². The number of allylic oxidation sites excluding steroid dienone is 1. The Balaban J connectivity index is 2.32. The zero-order valence-electron chi connectivity index (χ0n) is 19.7. The summed E-state index contributed by atoms with van der Waals surface area (Å²) < 4.78 is 28.2. The predicted octanol–water partition coefficient (Wildman–Crippen LogP) is 6.24. The maximum absolute atomic E-state index is 13.4. The molecule has 0 aromatic heterocycles. The average Bonchev–Trinajstić information content (AvgIpc) is 2.75. The minimum atomic E-state index is -3.68. The van der Waals surface area contributed by atoms with Crippen LogP contribution in [0, 0.1) is 24.2 Å². The minimum Gasteiger partial charge on any atom is -0.207 e. The SMILES string of the molecule is CCC(=C=C/C=C/c1ccccc1)CN(CC#CC(C)(C)C)S(=O)(=O)c1ccc(C)cc1. The van der Waals surface area contributed by atoms with Gasteiger partial charge in [-0.2, -0.15) is 4.31 Å². The zero-order chi connectivity index (χ0) is 23.6. The van der Waals surface area contributed by atoms with E-state index in [1.165, 1.54) is 4.31 Å². The topological polar surface area (TPSA) is 37.4 Å². The van der Waals surface area contributed by atoms with Crippen LogP contribution in [0.1, 0.15) is 45.2 Å². The van der Waals surface area contributed by atoms with Crippen molar-refractivity contribution in [2.75, 3.05) is 13.1 Å². The van der Waals surface area contributed by atoms with Gasteiger partial charge in [-0.05, 0) is 63.5 Å². The van der Waals surface area contributed by atoms with Crippen LogP contribution in [0.4, 0.5) is 0 Å². The van der Waals surface area contributed by atoms with Gasteiger partial charge in [0.2, 0.25) is 10.0 Å². The van der Waals surface area contributed by atoms with Crippen LogP contribution in [0.5, 0.6) is 0 Å². The quantitative estimate of drug-likeness (QED) is 0.273. The Morgan fingerprint density at radius 2 is 1.69 bits per heavy atom. The minimum absolute atomic E-state index is 0.137. The molecule has 0 fully saturated rings. The van der Waals surface area contributed by atoms with Gasteiger partial charge in [-0.3, -0.25) is 0 Å². The molecule has 0 saturated heterocycles. The van der Waals surface area contributed by atoms with Gasteiger partial charge < -0.3 is 0 Å². The molecule has 2 aromatic carbocycles. The third-order valence-corrected chi connectivity index (χ3v) is 6.45. The number of benzene rings is 2. The molecule has 0 bridgehead atoms. The Labute approximate surface area is 194 Å². The van der Waals surface area contributed by atoms with Gasteiger partial charge in [-0.25, -0.2) is 8.42 Å². The number of sulfonamides is 1. The van der Waals surface area contributed by atoms with Crippen molar-refractivity contribution in [2.24, 2.45) is 5.41 Å². The van der Waals surface area contributed by atoms with Crippen molar-refractivity contribution in [3.63, 3.8) is 0 Å². The van der Waals surface area contributed by atoms with E-state index in [1.807, 2.05) is 95.3 Å². The Morgan fingerprint density at radius 3 is 2.28 bits per heavy atom. The molecule has 0 spiro atoms. The molecule has 0 radical (unpaired) electrons. The summed E-state index contributed by atoms with van der Waals surface area (Å²) in [5, 5.41) is 0. The van der Waals surface area contributed by atoms with E-state index in [9.17, 15) is 8.42 Å². The van der Waals surface area contributed by atoms with E-state index >= 15 is 0 Å². The summed E-state index contributed by atoms with van der Waals surface area (Å²) in [6.07, 6.45) is 6.45. The van der Waals surface area contributed by atoms with E-state index in [0.29, 0.717) is 6.42 Å². The molecule has 168 valence electrons. The summed E-state index contributed by atoms with van der Waals surface area (Å²) in [5.74, 6) is 6.20. The van der Waals surface area contributed by atoms with Crippen LogP contribution in [0.25, 0.3) is 6.08 Å². The second-order valence-electron chi connectivity index (χ2n) is 8.68. The van der Waals surface area contributed by atoms with Gasteiger partial charge in [-0.15, -0.1) is 5.73 Å². The summed E-state index contributed by atoms with van der Waals surface area (Å²) >= 11 is 0. The smallest absolute Gasteiger partial charge is 0.207 e. The van der Waals surface area contributed by atoms with Gasteiger partial charge in [0.25, 0.3) is 0 Å². The second kappa shape index (κ2) is 11.7. The summed E-state index contributed by atoms with van der Waals surface area (Å²) in [5.41, 5.74) is 6.09. The van der Waals surface area contributed by atoms with Crippen molar-refractivity contribution in [3.8, 4) is 11.8 Å². The van der Waals surface area contributed by atoms with Gasteiger partial charge in [0.15, 0.2) is 0 Å². The highest BCUT2D eigenvalue weighted by Crippen LogP contribution is 2.18. The highest BCUT2D eigenvalue weighted by atomic mass is 32.2. The van der Waals surface area contributed by atoms with Gasteiger partial charge in [0.1, 0.15) is 0 Å². The third-order valence-electron chi connectivity index (χ3n) is 4.64. The van der Waals surface area contributed by atoms with Gasteiger partial charge in [-0.1, -0.05) is 78.9 Å². The normalized spacial score (nSPS) is 11.7. The van der Waals surface area contributed by atoms with Crippen LogP contribution in [0.3, 0.4) is 0 Å². The van der Waals surface area contributed by atoms with Crippen LogP contribution in [0.2, 0.25) is 0 Å². The lowest BCUT2D eigenvalue weighted by atomic mass is 9.98.